The number of hydrogen-bond donors (Lipinski definition) is 1. The summed E-state index contributed by atoms with van der Waals surface area (Å²) in [4.78, 5) is 18.1. The van der Waals surface area contributed by atoms with E-state index in [0.717, 1.165) is 10.2 Å². The summed E-state index contributed by atoms with van der Waals surface area (Å²) in [5.74, 6) is 0.503. The molecule has 0 aliphatic carbocycles. The molecule has 1 amide bonds. The highest BCUT2D eigenvalue weighted by Gasteiger charge is 2.13. The van der Waals surface area contributed by atoms with Crippen molar-refractivity contribution < 1.29 is 9.53 Å². The Balaban J connectivity index is 1.94. The molecule has 8 heteroatoms. The number of likely N-dealkylation sites (N-methyl/N-ethyl adjacent to an activating group) is 1. The van der Waals surface area contributed by atoms with Crippen LogP contribution in [0.5, 0.6) is 0 Å². The number of methoxy groups -OCH3 is 1. The van der Waals surface area contributed by atoms with Crippen LogP contribution in [-0.4, -0.2) is 36.0 Å². The molecule has 1 aromatic heterocycles. The molecule has 21 heavy (non-hydrogen) atoms. The van der Waals surface area contributed by atoms with Gasteiger partial charge in [-0.15, -0.1) is 0 Å². The Hall–Kier alpha value is -1.51. The van der Waals surface area contributed by atoms with Gasteiger partial charge in [-0.05, 0) is 28.1 Å². The normalized spacial score (nSPS) is 10.4. The number of amides is 1. The van der Waals surface area contributed by atoms with Gasteiger partial charge in [-0.1, -0.05) is 12.1 Å². The van der Waals surface area contributed by atoms with E-state index in [1.165, 1.54) is 11.5 Å². The SMILES string of the molecule is COCc1nsc(N(C)CC(=O)Nc2ccccc2Br)n1. The zero-order valence-corrected chi connectivity index (χ0v) is 14.1. The first-order valence-electron chi connectivity index (χ1n) is 6.17. The molecular formula is C13H15BrN4O2S. The van der Waals surface area contributed by atoms with Crippen molar-refractivity contribution in [2.75, 3.05) is 30.9 Å². The smallest absolute Gasteiger partial charge is 0.243 e. The minimum Gasteiger partial charge on any atom is -0.377 e. The maximum atomic E-state index is 12.0. The second-order valence-electron chi connectivity index (χ2n) is 4.31. The van der Waals surface area contributed by atoms with E-state index in [1.54, 1.807) is 19.1 Å². The Morgan fingerprint density at radius 2 is 2.24 bits per heavy atom. The summed E-state index contributed by atoms with van der Waals surface area (Å²) in [6.07, 6.45) is 0. The van der Waals surface area contributed by atoms with Gasteiger partial charge in [0.05, 0.1) is 12.2 Å². The van der Waals surface area contributed by atoms with E-state index in [-0.39, 0.29) is 12.5 Å². The third kappa shape index (κ3) is 4.48. The number of nitrogens with zero attached hydrogens (tertiary/aromatic N) is 3. The fourth-order valence-electron chi connectivity index (χ4n) is 1.62. The summed E-state index contributed by atoms with van der Waals surface area (Å²) >= 11 is 4.64. The highest BCUT2D eigenvalue weighted by Crippen LogP contribution is 2.21. The van der Waals surface area contributed by atoms with Crippen molar-refractivity contribution in [2.24, 2.45) is 0 Å². The molecular weight excluding hydrogens is 356 g/mol. The number of rotatable bonds is 6. The lowest BCUT2D eigenvalue weighted by Gasteiger charge is -2.15. The van der Waals surface area contributed by atoms with Crippen molar-refractivity contribution in [3.63, 3.8) is 0 Å². The van der Waals surface area contributed by atoms with Crippen LogP contribution in [0.3, 0.4) is 0 Å². The minimum absolute atomic E-state index is 0.118. The van der Waals surface area contributed by atoms with Gasteiger partial charge in [0.2, 0.25) is 11.0 Å². The number of para-hydroxylation sites is 1. The Kier molecular flexibility index (Phi) is 5.66. The van der Waals surface area contributed by atoms with Gasteiger partial charge < -0.3 is 15.0 Å². The Morgan fingerprint density at radius 3 is 2.95 bits per heavy atom. The predicted octanol–water partition coefficient (Wildman–Crippen LogP) is 2.52. The molecule has 0 radical (unpaired) electrons. The van der Waals surface area contributed by atoms with Crippen LogP contribution in [0.1, 0.15) is 5.82 Å². The first-order valence-corrected chi connectivity index (χ1v) is 7.74. The van der Waals surface area contributed by atoms with Crippen molar-refractivity contribution in [3.05, 3.63) is 34.6 Å². The number of ether oxygens (including phenoxy) is 1. The summed E-state index contributed by atoms with van der Waals surface area (Å²) < 4.78 is 9.98. The molecule has 112 valence electrons. The molecule has 1 N–H and O–H groups in total. The number of carbonyl (C=O) groups is 1. The molecule has 0 unspecified atom stereocenters. The highest BCUT2D eigenvalue weighted by molar-refractivity contribution is 9.10. The average molecular weight is 371 g/mol. The number of halogens is 1. The van der Waals surface area contributed by atoms with E-state index >= 15 is 0 Å². The van der Waals surface area contributed by atoms with E-state index in [9.17, 15) is 4.79 Å². The van der Waals surface area contributed by atoms with E-state index in [0.29, 0.717) is 17.6 Å². The van der Waals surface area contributed by atoms with Gasteiger partial charge in [0.15, 0.2) is 5.82 Å². The van der Waals surface area contributed by atoms with Gasteiger partial charge in [-0.2, -0.15) is 4.37 Å². The number of aromatic nitrogens is 2. The molecule has 1 heterocycles. The predicted molar refractivity (Wildman–Crippen MR) is 86.7 cm³/mol. The zero-order valence-electron chi connectivity index (χ0n) is 11.7. The van der Waals surface area contributed by atoms with E-state index in [2.05, 4.69) is 30.6 Å². The number of hydrogen-bond acceptors (Lipinski definition) is 6. The van der Waals surface area contributed by atoms with E-state index in [4.69, 9.17) is 4.74 Å². The Bertz CT molecular complexity index is 620. The van der Waals surface area contributed by atoms with Gasteiger partial charge in [0.25, 0.3) is 0 Å². The van der Waals surface area contributed by atoms with Gasteiger partial charge >= 0.3 is 0 Å². The maximum absolute atomic E-state index is 12.0. The molecule has 1 aromatic carbocycles. The van der Waals surface area contributed by atoms with Crippen LogP contribution in [0, 0.1) is 0 Å². The third-order valence-electron chi connectivity index (χ3n) is 2.59. The van der Waals surface area contributed by atoms with Crippen LogP contribution in [0.25, 0.3) is 0 Å². The van der Waals surface area contributed by atoms with Gasteiger partial charge in [0, 0.05) is 30.2 Å². The van der Waals surface area contributed by atoms with Crippen LogP contribution < -0.4 is 10.2 Å². The number of carbonyl (C=O) groups excluding carboxylic acids is 1. The van der Waals surface area contributed by atoms with E-state index < -0.39 is 0 Å². The molecule has 0 saturated heterocycles. The average Bonchev–Trinajstić information content (AvgIpc) is 2.90. The highest BCUT2D eigenvalue weighted by atomic mass is 79.9. The van der Waals surface area contributed by atoms with Crippen LogP contribution in [0.2, 0.25) is 0 Å². The summed E-state index contributed by atoms with van der Waals surface area (Å²) in [5.41, 5.74) is 0.744. The molecule has 6 nitrogen and oxygen atoms in total. The first-order chi connectivity index (χ1) is 10.1. The Labute approximate surface area is 135 Å². The molecule has 0 bridgehead atoms. The monoisotopic (exact) mass is 370 g/mol. The lowest BCUT2D eigenvalue weighted by atomic mass is 10.3. The second kappa shape index (κ2) is 7.48. The van der Waals surface area contributed by atoms with Crippen LogP contribution in [-0.2, 0) is 16.1 Å². The van der Waals surface area contributed by atoms with Crippen molar-refractivity contribution in [1.29, 1.82) is 0 Å². The molecule has 0 saturated carbocycles. The van der Waals surface area contributed by atoms with Crippen LogP contribution >= 0.6 is 27.5 Å². The molecule has 0 atom stereocenters. The first kappa shape index (κ1) is 15.9. The van der Waals surface area contributed by atoms with Crippen molar-refractivity contribution in [1.82, 2.24) is 9.36 Å². The van der Waals surface area contributed by atoms with E-state index in [1.807, 2.05) is 24.3 Å². The quantitative estimate of drug-likeness (QED) is 0.845. The van der Waals surface area contributed by atoms with Crippen molar-refractivity contribution in [3.8, 4) is 0 Å². The number of benzene rings is 1. The molecule has 0 aliphatic heterocycles. The standard InChI is InChI=1S/C13H15BrN4O2S/c1-18(13-16-11(8-20-2)17-21-13)7-12(19)15-10-6-4-3-5-9(10)14/h3-6H,7-8H2,1-2H3,(H,15,19). The lowest BCUT2D eigenvalue weighted by Crippen LogP contribution is -2.30. The minimum atomic E-state index is -0.118. The van der Waals surface area contributed by atoms with Gasteiger partial charge in [-0.3, -0.25) is 4.79 Å². The largest absolute Gasteiger partial charge is 0.377 e. The zero-order chi connectivity index (χ0) is 15.2. The summed E-state index contributed by atoms with van der Waals surface area (Å²) in [5, 5.41) is 3.53. The number of nitrogens with one attached hydrogen (secondary N) is 1. The third-order valence-corrected chi connectivity index (χ3v) is 4.15. The Morgan fingerprint density at radius 1 is 1.48 bits per heavy atom. The van der Waals surface area contributed by atoms with Gasteiger partial charge in [-0.25, -0.2) is 4.98 Å². The van der Waals surface area contributed by atoms with Crippen molar-refractivity contribution >= 4 is 44.2 Å². The fraction of sp³-hybridized carbons (Fsp3) is 0.308. The second-order valence-corrected chi connectivity index (χ2v) is 5.89. The molecule has 0 spiro atoms. The summed E-state index contributed by atoms with van der Waals surface area (Å²) in [6, 6.07) is 7.47. The molecule has 2 aromatic rings. The van der Waals surface area contributed by atoms with Crippen LogP contribution in [0.15, 0.2) is 28.7 Å². The summed E-state index contributed by atoms with van der Waals surface area (Å²) in [6.45, 7) is 0.566. The molecule has 0 fully saturated rings. The molecule has 2 rings (SSSR count). The molecule has 0 aliphatic rings. The summed E-state index contributed by atoms with van der Waals surface area (Å²) in [7, 11) is 3.40. The van der Waals surface area contributed by atoms with Crippen LogP contribution in [0.4, 0.5) is 10.8 Å². The lowest BCUT2D eigenvalue weighted by molar-refractivity contribution is -0.114. The van der Waals surface area contributed by atoms with Crippen molar-refractivity contribution in [2.45, 2.75) is 6.61 Å². The van der Waals surface area contributed by atoms with Gasteiger partial charge in [0.1, 0.15) is 6.61 Å². The number of anilines is 2. The fourth-order valence-corrected chi connectivity index (χ4v) is 2.64. The maximum Gasteiger partial charge on any atom is 0.243 e. The topological polar surface area (TPSA) is 67.3 Å².